The van der Waals surface area contributed by atoms with E-state index in [0.29, 0.717) is 17.7 Å². The molecule has 1 rings (SSSR count). The van der Waals surface area contributed by atoms with Crippen LogP contribution in [-0.4, -0.2) is 23.0 Å². The Bertz CT molecular complexity index is 547. The Kier molecular flexibility index (Phi) is 7.31. The maximum Gasteiger partial charge on any atom is 0.261 e. The summed E-state index contributed by atoms with van der Waals surface area (Å²) in [5.41, 5.74) is 5.27. The summed E-state index contributed by atoms with van der Waals surface area (Å²) in [5.74, 6) is -0.117. The molecule has 1 aromatic rings. The molecule has 0 fully saturated rings. The predicted molar refractivity (Wildman–Crippen MR) is 88.5 cm³/mol. The number of hydrogen-bond acceptors (Lipinski definition) is 4. The molecule has 3 N–H and O–H groups in total. The number of benzene rings is 1. The van der Waals surface area contributed by atoms with Gasteiger partial charge in [-0.05, 0) is 44.6 Å². The molecule has 0 heterocycles. The van der Waals surface area contributed by atoms with E-state index in [1.165, 1.54) is 0 Å². The first-order valence-electron chi connectivity index (χ1n) is 7.09. The molecule has 22 heavy (non-hydrogen) atoms. The van der Waals surface area contributed by atoms with Crippen LogP contribution in [0.25, 0.3) is 0 Å². The zero-order valence-electron chi connectivity index (χ0n) is 12.9. The van der Waals surface area contributed by atoms with Crippen LogP contribution in [0.1, 0.15) is 44.0 Å². The van der Waals surface area contributed by atoms with Gasteiger partial charge in [0.15, 0.2) is 5.11 Å². The van der Waals surface area contributed by atoms with Crippen molar-refractivity contribution in [1.29, 1.82) is 0 Å². The fraction of sp³-hybridized carbons (Fsp3) is 0.400. The average Bonchev–Trinajstić information content (AvgIpc) is 2.45. The largest absolute Gasteiger partial charge is 0.490 e. The third-order valence-corrected chi connectivity index (χ3v) is 2.72. The maximum absolute atomic E-state index is 12.2. The van der Waals surface area contributed by atoms with Crippen LogP contribution in [0.2, 0.25) is 0 Å². The van der Waals surface area contributed by atoms with Crippen molar-refractivity contribution in [2.45, 2.75) is 39.7 Å². The molecule has 1 aromatic carbocycles. The molecular formula is C15H21N3O3S. The molecular weight excluding hydrogens is 302 g/mol. The fourth-order valence-corrected chi connectivity index (χ4v) is 1.77. The van der Waals surface area contributed by atoms with Crippen molar-refractivity contribution in [2.24, 2.45) is 0 Å². The first-order valence-corrected chi connectivity index (χ1v) is 7.50. The lowest BCUT2D eigenvalue weighted by atomic mass is 10.2. The highest BCUT2D eigenvalue weighted by Gasteiger charge is 2.14. The van der Waals surface area contributed by atoms with E-state index in [4.69, 9.17) is 17.0 Å². The molecule has 0 aromatic heterocycles. The van der Waals surface area contributed by atoms with E-state index in [1.807, 2.05) is 20.8 Å². The normalized spacial score (nSPS) is 10.0. The lowest BCUT2D eigenvalue weighted by Crippen LogP contribution is -2.48. The number of carbonyl (C=O) groups is 2. The van der Waals surface area contributed by atoms with E-state index in [1.54, 1.807) is 24.3 Å². The highest BCUT2D eigenvalue weighted by atomic mass is 32.1. The van der Waals surface area contributed by atoms with Gasteiger partial charge >= 0.3 is 0 Å². The second kappa shape index (κ2) is 8.99. The van der Waals surface area contributed by atoms with Crippen LogP contribution in [-0.2, 0) is 4.79 Å². The van der Waals surface area contributed by atoms with Crippen molar-refractivity contribution in [1.82, 2.24) is 16.2 Å². The van der Waals surface area contributed by atoms with Gasteiger partial charge in [-0.25, -0.2) is 0 Å². The molecule has 0 bridgehead atoms. The summed E-state index contributed by atoms with van der Waals surface area (Å²) in [5, 5.41) is 2.52. The Hall–Kier alpha value is -2.15. The van der Waals surface area contributed by atoms with Gasteiger partial charge in [0.2, 0.25) is 5.91 Å². The second-order valence-corrected chi connectivity index (χ2v) is 5.28. The molecule has 0 spiro atoms. The Morgan fingerprint density at radius 2 is 1.91 bits per heavy atom. The van der Waals surface area contributed by atoms with E-state index < -0.39 is 5.91 Å². The van der Waals surface area contributed by atoms with Crippen LogP contribution in [0.15, 0.2) is 24.3 Å². The lowest BCUT2D eigenvalue weighted by Gasteiger charge is -2.15. The van der Waals surface area contributed by atoms with Gasteiger partial charge in [0, 0.05) is 6.42 Å². The minimum Gasteiger partial charge on any atom is -0.490 e. The molecule has 0 aliphatic carbocycles. The molecule has 7 heteroatoms. The quantitative estimate of drug-likeness (QED) is 0.570. The van der Waals surface area contributed by atoms with Crippen molar-refractivity contribution in [2.75, 3.05) is 0 Å². The van der Waals surface area contributed by atoms with Gasteiger partial charge in [0.1, 0.15) is 5.75 Å². The monoisotopic (exact) mass is 323 g/mol. The van der Waals surface area contributed by atoms with Gasteiger partial charge in [-0.3, -0.25) is 25.8 Å². The third kappa shape index (κ3) is 6.09. The highest BCUT2D eigenvalue weighted by molar-refractivity contribution is 7.80. The summed E-state index contributed by atoms with van der Waals surface area (Å²) >= 11 is 4.97. The van der Waals surface area contributed by atoms with Gasteiger partial charge in [-0.15, -0.1) is 0 Å². The van der Waals surface area contributed by atoms with E-state index in [0.717, 1.165) is 6.42 Å². The average molecular weight is 323 g/mol. The van der Waals surface area contributed by atoms with Crippen molar-refractivity contribution in [3.63, 3.8) is 0 Å². The number of amides is 2. The van der Waals surface area contributed by atoms with Crippen molar-refractivity contribution >= 4 is 29.1 Å². The zero-order chi connectivity index (χ0) is 16.5. The van der Waals surface area contributed by atoms with Gasteiger partial charge in [-0.1, -0.05) is 19.1 Å². The van der Waals surface area contributed by atoms with Gasteiger partial charge in [0.05, 0.1) is 11.7 Å². The SMILES string of the molecule is CCCC(=O)NNC(=S)NC(=O)c1ccccc1OC(C)C. The Balaban J connectivity index is 2.61. The van der Waals surface area contributed by atoms with Crippen molar-refractivity contribution < 1.29 is 14.3 Å². The molecule has 0 unspecified atom stereocenters. The van der Waals surface area contributed by atoms with E-state index >= 15 is 0 Å². The van der Waals surface area contributed by atoms with Crippen molar-refractivity contribution in [3.8, 4) is 5.75 Å². The number of carbonyl (C=O) groups excluding carboxylic acids is 2. The van der Waals surface area contributed by atoms with Crippen LogP contribution < -0.4 is 20.9 Å². The summed E-state index contributed by atoms with van der Waals surface area (Å²) in [7, 11) is 0. The first-order chi connectivity index (χ1) is 10.4. The molecule has 0 saturated heterocycles. The molecule has 6 nitrogen and oxygen atoms in total. The lowest BCUT2D eigenvalue weighted by molar-refractivity contribution is -0.121. The topological polar surface area (TPSA) is 79.5 Å². The smallest absolute Gasteiger partial charge is 0.261 e. The third-order valence-electron chi connectivity index (χ3n) is 2.51. The van der Waals surface area contributed by atoms with Crippen LogP contribution in [0, 0.1) is 0 Å². The number of hydrazine groups is 1. The van der Waals surface area contributed by atoms with Crippen LogP contribution >= 0.6 is 12.2 Å². The molecule has 0 aliphatic rings. The first kappa shape index (κ1) is 17.9. The van der Waals surface area contributed by atoms with Crippen LogP contribution in [0.4, 0.5) is 0 Å². The molecule has 2 amide bonds. The van der Waals surface area contributed by atoms with E-state index in [9.17, 15) is 9.59 Å². The number of rotatable bonds is 5. The van der Waals surface area contributed by atoms with Crippen LogP contribution in [0.3, 0.4) is 0 Å². The number of nitrogens with one attached hydrogen (secondary N) is 3. The summed E-state index contributed by atoms with van der Waals surface area (Å²) in [6.07, 6.45) is 1.06. The van der Waals surface area contributed by atoms with Gasteiger partial charge < -0.3 is 4.74 Å². The van der Waals surface area contributed by atoms with Crippen LogP contribution in [0.5, 0.6) is 5.75 Å². The number of thiocarbonyl (C=S) groups is 1. The second-order valence-electron chi connectivity index (χ2n) is 4.87. The number of para-hydroxylation sites is 1. The van der Waals surface area contributed by atoms with Gasteiger partial charge in [-0.2, -0.15) is 0 Å². The summed E-state index contributed by atoms with van der Waals surface area (Å²) < 4.78 is 5.58. The highest BCUT2D eigenvalue weighted by Crippen LogP contribution is 2.19. The molecule has 0 radical (unpaired) electrons. The molecule has 0 saturated carbocycles. The predicted octanol–water partition coefficient (Wildman–Crippen LogP) is 1.91. The maximum atomic E-state index is 12.2. The van der Waals surface area contributed by atoms with E-state index in [-0.39, 0.29) is 17.1 Å². The van der Waals surface area contributed by atoms with Gasteiger partial charge in [0.25, 0.3) is 5.91 Å². The summed E-state index contributed by atoms with van der Waals surface area (Å²) in [6.45, 7) is 5.65. The minimum atomic E-state index is -0.404. The summed E-state index contributed by atoms with van der Waals surface area (Å²) in [4.78, 5) is 23.5. The molecule has 0 aliphatic heterocycles. The minimum absolute atomic E-state index is 0.0220. The number of hydrogen-bond donors (Lipinski definition) is 3. The molecule has 0 atom stereocenters. The molecule has 120 valence electrons. The standard InChI is InChI=1S/C15H21N3O3S/c1-4-7-13(19)17-18-15(22)16-14(20)11-8-5-6-9-12(11)21-10(2)3/h5-6,8-10H,4,7H2,1-3H3,(H,17,19)(H2,16,18,20,22). The Morgan fingerprint density at radius 1 is 1.23 bits per heavy atom. The number of ether oxygens (including phenoxy) is 1. The Morgan fingerprint density at radius 3 is 2.55 bits per heavy atom. The fourth-order valence-electron chi connectivity index (χ4n) is 1.63. The summed E-state index contributed by atoms with van der Waals surface area (Å²) in [6, 6.07) is 6.89. The Labute approximate surface area is 135 Å². The van der Waals surface area contributed by atoms with Crippen molar-refractivity contribution in [3.05, 3.63) is 29.8 Å². The zero-order valence-corrected chi connectivity index (χ0v) is 13.8. The van der Waals surface area contributed by atoms with E-state index in [2.05, 4.69) is 16.2 Å².